The Hall–Kier alpha value is 0.270. The summed E-state index contributed by atoms with van der Waals surface area (Å²) in [6, 6.07) is 7.39. The van der Waals surface area contributed by atoms with E-state index < -0.39 is 0 Å². The van der Waals surface area contributed by atoms with Crippen molar-refractivity contribution in [1.29, 1.82) is 0 Å². The fourth-order valence-corrected chi connectivity index (χ4v) is 3.79. The summed E-state index contributed by atoms with van der Waals surface area (Å²) in [6.07, 6.45) is 0. The molecule has 1 unspecified atom stereocenters. The van der Waals surface area contributed by atoms with Crippen LogP contribution in [-0.2, 0) is 0 Å². The standard InChI is InChI=1S/C11H6BrCl3S/c12-8-2-1-6(13)5-7(8)10(15)11-9(14)3-4-16-11/h1-5,10H. The molecule has 0 saturated carbocycles. The van der Waals surface area contributed by atoms with E-state index in [0.29, 0.717) is 10.0 Å². The Balaban J connectivity index is 2.45. The van der Waals surface area contributed by atoms with E-state index in [1.165, 1.54) is 11.3 Å². The Kier molecular flexibility index (Phi) is 4.20. The Labute approximate surface area is 121 Å². The van der Waals surface area contributed by atoms with Crippen molar-refractivity contribution in [2.75, 3.05) is 0 Å². The second-order valence-electron chi connectivity index (χ2n) is 3.16. The molecule has 1 heterocycles. The molecule has 1 atom stereocenters. The van der Waals surface area contributed by atoms with Gasteiger partial charge in [-0.2, -0.15) is 0 Å². The summed E-state index contributed by atoms with van der Waals surface area (Å²) in [5.41, 5.74) is 0.929. The number of thiophene rings is 1. The van der Waals surface area contributed by atoms with Gasteiger partial charge in [-0.25, -0.2) is 0 Å². The van der Waals surface area contributed by atoms with Crippen molar-refractivity contribution in [1.82, 2.24) is 0 Å². The van der Waals surface area contributed by atoms with Crippen molar-refractivity contribution < 1.29 is 0 Å². The lowest BCUT2D eigenvalue weighted by Crippen LogP contribution is -1.92. The molecule has 0 amide bonds. The van der Waals surface area contributed by atoms with E-state index in [2.05, 4.69) is 15.9 Å². The molecule has 84 valence electrons. The quantitative estimate of drug-likeness (QED) is 0.567. The van der Waals surface area contributed by atoms with Crippen molar-refractivity contribution in [2.24, 2.45) is 0 Å². The van der Waals surface area contributed by atoms with Gasteiger partial charge >= 0.3 is 0 Å². The monoisotopic (exact) mass is 354 g/mol. The smallest absolute Gasteiger partial charge is 0.0954 e. The van der Waals surface area contributed by atoms with Gasteiger partial charge in [-0.05, 0) is 35.2 Å². The first-order valence-corrected chi connectivity index (χ1v) is 7.28. The molecule has 0 aliphatic carbocycles. The van der Waals surface area contributed by atoms with Crippen molar-refractivity contribution in [3.63, 3.8) is 0 Å². The fraction of sp³-hybridized carbons (Fsp3) is 0.0909. The van der Waals surface area contributed by atoms with Crippen LogP contribution in [0.25, 0.3) is 0 Å². The van der Waals surface area contributed by atoms with Gasteiger partial charge in [0.05, 0.1) is 10.4 Å². The van der Waals surface area contributed by atoms with Crippen LogP contribution in [0.5, 0.6) is 0 Å². The normalized spacial score (nSPS) is 12.8. The third kappa shape index (κ3) is 2.57. The molecule has 2 rings (SSSR count). The van der Waals surface area contributed by atoms with Gasteiger partial charge in [-0.1, -0.05) is 39.1 Å². The molecule has 0 fully saturated rings. The van der Waals surface area contributed by atoms with Gasteiger partial charge in [-0.15, -0.1) is 22.9 Å². The van der Waals surface area contributed by atoms with Crippen LogP contribution in [0.4, 0.5) is 0 Å². The van der Waals surface area contributed by atoms with E-state index in [1.54, 1.807) is 0 Å². The van der Waals surface area contributed by atoms with E-state index in [0.717, 1.165) is 14.9 Å². The molecule has 2 aromatic rings. The lowest BCUT2D eigenvalue weighted by Gasteiger charge is -2.11. The van der Waals surface area contributed by atoms with E-state index in [4.69, 9.17) is 34.8 Å². The van der Waals surface area contributed by atoms with Crippen LogP contribution in [0.1, 0.15) is 15.8 Å². The SMILES string of the molecule is Clc1ccc(Br)c(C(Cl)c2sccc2Cl)c1. The van der Waals surface area contributed by atoms with Gasteiger partial charge in [-0.3, -0.25) is 0 Å². The lowest BCUT2D eigenvalue weighted by atomic mass is 10.1. The Morgan fingerprint density at radius 1 is 1.19 bits per heavy atom. The first kappa shape index (κ1) is 12.7. The second-order valence-corrected chi connectivity index (χ2v) is 6.24. The minimum absolute atomic E-state index is 0.277. The number of halogens is 4. The van der Waals surface area contributed by atoms with Crippen LogP contribution in [0.2, 0.25) is 10.0 Å². The topological polar surface area (TPSA) is 0 Å². The zero-order valence-corrected chi connectivity index (χ0v) is 12.6. The number of rotatable bonds is 2. The predicted octanol–water partition coefficient (Wildman–Crippen LogP) is 6.15. The molecular weight excluding hydrogens is 350 g/mol. The highest BCUT2D eigenvalue weighted by molar-refractivity contribution is 9.10. The molecule has 0 aliphatic rings. The second kappa shape index (κ2) is 5.28. The highest BCUT2D eigenvalue weighted by Gasteiger charge is 2.18. The van der Waals surface area contributed by atoms with Crippen molar-refractivity contribution in [2.45, 2.75) is 5.38 Å². The lowest BCUT2D eigenvalue weighted by molar-refractivity contribution is 1.17. The summed E-state index contributed by atoms with van der Waals surface area (Å²) in [5.74, 6) is 0. The maximum atomic E-state index is 6.39. The van der Waals surface area contributed by atoms with E-state index in [1.807, 2.05) is 29.6 Å². The Morgan fingerprint density at radius 2 is 1.94 bits per heavy atom. The zero-order valence-electron chi connectivity index (χ0n) is 7.88. The number of hydrogen-bond donors (Lipinski definition) is 0. The average Bonchev–Trinajstić information content (AvgIpc) is 2.67. The number of hydrogen-bond acceptors (Lipinski definition) is 1. The van der Waals surface area contributed by atoms with E-state index in [-0.39, 0.29) is 5.38 Å². The Bertz CT molecular complexity index is 510. The van der Waals surface area contributed by atoms with Crippen molar-refractivity contribution in [3.05, 3.63) is 54.6 Å². The average molecular weight is 356 g/mol. The summed E-state index contributed by atoms with van der Waals surface area (Å²) in [5, 5.41) is 3.00. The number of alkyl halides is 1. The molecule has 0 N–H and O–H groups in total. The summed E-state index contributed by atoms with van der Waals surface area (Å²) in [6.45, 7) is 0. The summed E-state index contributed by atoms with van der Waals surface area (Å²) < 4.78 is 0.932. The minimum Gasteiger partial charge on any atom is -0.145 e. The van der Waals surface area contributed by atoms with Crippen molar-refractivity contribution >= 4 is 62.1 Å². The zero-order chi connectivity index (χ0) is 11.7. The largest absolute Gasteiger partial charge is 0.145 e. The molecular formula is C11H6BrCl3S. The Morgan fingerprint density at radius 3 is 2.56 bits per heavy atom. The third-order valence-electron chi connectivity index (χ3n) is 2.11. The van der Waals surface area contributed by atoms with Gasteiger partial charge in [0.2, 0.25) is 0 Å². The van der Waals surface area contributed by atoms with Gasteiger partial charge in [0.1, 0.15) is 0 Å². The highest BCUT2D eigenvalue weighted by Crippen LogP contribution is 2.40. The van der Waals surface area contributed by atoms with Crippen LogP contribution in [0, 0.1) is 0 Å². The molecule has 5 heteroatoms. The summed E-state index contributed by atoms with van der Waals surface area (Å²) in [4.78, 5) is 0.936. The van der Waals surface area contributed by atoms with E-state index in [9.17, 15) is 0 Å². The molecule has 0 bridgehead atoms. The summed E-state index contributed by atoms with van der Waals surface area (Å²) >= 11 is 23.4. The molecule has 16 heavy (non-hydrogen) atoms. The van der Waals surface area contributed by atoms with Gasteiger partial charge in [0.25, 0.3) is 0 Å². The van der Waals surface area contributed by atoms with E-state index >= 15 is 0 Å². The molecule has 0 saturated heterocycles. The maximum Gasteiger partial charge on any atom is 0.0954 e. The molecule has 0 nitrogen and oxygen atoms in total. The molecule has 1 aromatic carbocycles. The molecule has 0 radical (unpaired) electrons. The molecule has 1 aromatic heterocycles. The van der Waals surface area contributed by atoms with Crippen LogP contribution in [-0.4, -0.2) is 0 Å². The van der Waals surface area contributed by atoms with Gasteiger partial charge in [0.15, 0.2) is 0 Å². The number of benzene rings is 1. The highest BCUT2D eigenvalue weighted by atomic mass is 79.9. The van der Waals surface area contributed by atoms with Crippen molar-refractivity contribution in [3.8, 4) is 0 Å². The fourth-order valence-electron chi connectivity index (χ4n) is 1.34. The first-order chi connectivity index (χ1) is 7.59. The molecule has 0 spiro atoms. The van der Waals surface area contributed by atoms with Gasteiger partial charge in [0, 0.05) is 14.4 Å². The minimum atomic E-state index is -0.277. The van der Waals surface area contributed by atoms with Crippen LogP contribution >= 0.6 is 62.1 Å². The third-order valence-corrected chi connectivity index (χ3v) is 5.07. The van der Waals surface area contributed by atoms with Crippen LogP contribution < -0.4 is 0 Å². The summed E-state index contributed by atoms with van der Waals surface area (Å²) in [7, 11) is 0. The van der Waals surface area contributed by atoms with Crippen LogP contribution in [0.15, 0.2) is 34.1 Å². The predicted molar refractivity (Wildman–Crippen MR) is 76.2 cm³/mol. The first-order valence-electron chi connectivity index (χ1n) is 4.41. The molecule has 0 aliphatic heterocycles. The maximum absolute atomic E-state index is 6.39. The van der Waals surface area contributed by atoms with Gasteiger partial charge < -0.3 is 0 Å². The van der Waals surface area contributed by atoms with Crippen LogP contribution in [0.3, 0.4) is 0 Å².